The third kappa shape index (κ3) is 8.80. The van der Waals surface area contributed by atoms with Crippen molar-refractivity contribution in [3.05, 3.63) is 41.7 Å². The second-order valence-electron chi connectivity index (χ2n) is 7.63. The average Bonchev–Trinajstić information content (AvgIpc) is 2.76. The van der Waals surface area contributed by atoms with Gasteiger partial charge in [-0.05, 0) is 39.8 Å². The highest BCUT2D eigenvalue weighted by atomic mass is 31.2. The molecule has 1 heterocycles. The van der Waals surface area contributed by atoms with Gasteiger partial charge >= 0.3 is 13.5 Å². The van der Waals surface area contributed by atoms with Crippen LogP contribution in [0.4, 0.5) is 0 Å². The molecule has 3 atom stereocenters. The average molecular weight is 478 g/mol. The van der Waals surface area contributed by atoms with Crippen LogP contribution in [0.3, 0.4) is 0 Å². The number of esters is 1. The summed E-state index contributed by atoms with van der Waals surface area (Å²) in [5.74, 6) is 0.373. The molecule has 0 saturated carbocycles. The van der Waals surface area contributed by atoms with E-state index in [0.717, 1.165) is 6.21 Å². The summed E-state index contributed by atoms with van der Waals surface area (Å²) >= 11 is 0. The van der Waals surface area contributed by atoms with Crippen molar-refractivity contribution >= 4 is 32.0 Å². The summed E-state index contributed by atoms with van der Waals surface area (Å²) in [6, 6.07) is 7.72. The van der Waals surface area contributed by atoms with Gasteiger partial charge in [-0.1, -0.05) is 18.2 Å². The Morgan fingerprint density at radius 2 is 1.97 bits per heavy atom. The molecule has 2 rings (SSSR count). The first kappa shape index (κ1) is 26.2. The fraction of sp³-hybridized carbons (Fsp3) is 0.429. The lowest BCUT2D eigenvalue weighted by atomic mass is 10.1. The van der Waals surface area contributed by atoms with Crippen LogP contribution in [-0.4, -0.2) is 49.1 Å². The number of aliphatic imine (C=N–C) groups is 2. The third-order valence-corrected chi connectivity index (χ3v) is 6.01. The van der Waals surface area contributed by atoms with Crippen molar-refractivity contribution in [2.45, 2.75) is 52.4 Å². The van der Waals surface area contributed by atoms with Crippen molar-refractivity contribution in [1.29, 1.82) is 5.41 Å². The van der Waals surface area contributed by atoms with E-state index < -0.39 is 25.6 Å². The van der Waals surface area contributed by atoms with Gasteiger partial charge in [-0.25, -0.2) is 15.1 Å². The van der Waals surface area contributed by atoms with E-state index in [1.165, 1.54) is 6.34 Å². The van der Waals surface area contributed by atoms with Crippen LogP contribution >= 0.6 is 7.52 Å². The molecule has 1 aromatic carbocycles. The largest absolute Gasteiger partial charge is 0.462 e. The lowest BCUT2D eigenvalue weighted by Crippen LogP contribution is -2.37. The number of ether oxygens (including phenoxy) is 2. The molecule has 0 aliphatic carbocycles. The maximum Gasteiger partial charge on any atom is 0.342 e. The topological polar surface area (TPSA) is 160 Å². The Balaban J connectivity index is 2.10. The predicted molar refractivity (Wildman–Crippen MR) is 128 cm³/mol. The molecule has 0 spiro atoms. The molecule has 33 heavy (non-hydrogen) atoms. The molecule has 0 aromatic heterocycles. The number of hydrogen-bond donors (Lipinski definition) is 4. The standard InChI is InChI=1S/C21H31N6O5P/c1-14(2)31-20(28)16(4)27-33(29,32-18-8-6-5-7-9-18)13-30-15(3)10-17(11-22)19-24-12-25-21(23)26-19/h5-9,11-12,14-16,22H,10,13H2,1-4H3,(H,27,29)(H3,23,24,25,26)/b19-17-,22-11?/t15-,16+,33?/m1/s1. The first-order valence-electron chi connectivity index (χ1n) is 10.4. The Kier molecular flexibility index (Phi) is 9.77. The van der Waals surface area contributed by atoms with Gasteiger partial charge in [0.2, 0.25) is 0 Å². The number of hydrogen-bond acceptors (Lipinski definition) is 10. The van der Waals surface area contributed by atoms with Gasteiger partial charge < -0.3 is 30.5 Å². The van der Waals surface area contributed by atoms with Crippen LogP contribution in [0.25, 0.3) is 0 Å². The minimum Gasteiger partial charge on any atom is -0.462 e. The monoisotopic (exact) mass is 478 g/mol. The zero-order chi connectivity index (χ0) is 24.4. The SMILES string of the molecule is CC(C)OC(=O)[C@H](C)NP(=O)(CO[C@H](C)C/C(C=N)=C1\N=CN=C(N)N1)Oc1ccccc1. The Labute approximate surface area is 193 Å². The molecular formula is C21H31N6O5P. The van der Waals surface area contributed by atoms with Gasteiger partial charge in [0.05, 0.1) is 12.2 Å². The van der Waals surface area contributed by atoms with Gasteiger partial charge in [-0.2, -0.15) is 0 Å². The number of nitrogens with zero attached hydrogens (tertiary/aromatic N) is 2. The molecule has 180 valence electrons. The van der Waals surface area contributed by atoms with E-state index in [2.05, 4.69) is 20.4 Å². The maximum absolute atomic E-state index is 13.6. The quantitative estimate of drug-likeness (QED) is 0.203. The molecule has 0 amide bonds. The van der Waals surface area contributed by atoms with Crippen LogP contribution in [0, 0.1) is 5.41 Å². The fourth-order valence-corrected chi connectivity index (χ4v) is 4.53. The molecule has 0 fully saturated rings. The van der Waals surface area contributed by atoms with Crippen LogP contribution in [0.1, 0.15) is 34.1 Å². The molecule has 12 heteroatoms. The molecular weight excluding hydrogens is 447 g/mol. The van der Waals surface area contributed by atoms with Gasteiger partial charge in [0.25, 0.3) is 0 Å². The second-order valence-corrected chi connectivity index (χ2v) is 9.67. The van der Waals surface area contributed by atoms with Crippen LogP contribution < -0.4 is 20.7 Å². The summed E-state index contributed by atoms with van der Waals surface area (Å²) in [6.07, 6.45) is 1.63. The summed E-state index contributed by atoms with van der Waals surface area (Å²) in [7, 11) is -3.67. The Morgan fingerprint density at radius 1 is 1.27 bits per heavy atom. The first-order valence-corrected chi connectivity index (χ1v) is 12.2. The number of rotatable bonds is 12. The van der Waals surface area contributed by atoms with Gasteiger partial charge in [-0.3, -0.25) is 9.36 Å². The number of carbonyl (C=O) groups excluding carboxylic acids is 1. The highest BCUT2D eigenvalue weighted by Crippen LogP contribution is 2.44. The zero-order valence-corrected chi connectivity index (χ0v) is 20.0. The molecule has 1 aliphatic rings. The van der Waals surface area contributed by atoms with Crippen molar-refractivity contribution in [2.75, 3.05) is 6.35 Å². The number of benzene rings is 1. The highest BCUT2D eigenvalue weighted by Gasteiger charge is 2.32. The van der Waals surface area contributed by atoms with E-state index in [1.807, 2.05) is 0 Å². The molecule has 0 saturated heterocycles. The number of nitrogens with two attached hydrogens (primary N) is 1. The van der Waals surface area contributed by atoms with Crippen LogP contribution in [0.15, 0.2) is 51.7 Å². The summed E-state index contributed by atoms with van der Waals surface area (Å²) < 4.78 is 30.3. The number of nitrogens with one attached hydrogen (secondary N) is 3. The fourth-order valence-electron chi connectivity index (χ4n) is 2.74. The molecule has 0 radical (unpaired) electrons. The maximum atomic E-state index is 13.6. The summed E-state index contributed by atoms with van der Waals surface area (Å²) in [6.45, 7) is 6.77. The Hall–Kier alpha value is -3.01. The van der Waals surface area contributed by atoms with Crippen LogP contribution in [-0.2, 0) is 18.8 Å². The minimum atomic E-state index is -3.67. The normalized spacial score (nSPS) is 18.4. The summed E-state index contributed by atoms with van der Waals surface area (Å²) in [4.78, 5) is 20.1. The molecule has 11 nitrogen and oxygen atoms in total. The van der Waals surface area contributed by atoms with Crippen molar-refractivity contribution in [3.63, 3.8) is 0 Å². The first-order chi connectivity index (χ1) is 15.6. The van der Waals surface area contributed by atoms with Gasteiger partial charge in [-0.15, -0.1) is 0 Å². The Bertz CT molecular complexity index is 963. The highest BCUT2D eigenvalue weighted by molar-refractivity contribution is 7.57. The van der Waals surface area contributed by atoms with Gasteiger partial charge in [0.1, 0.15) is 30.3 Å². The molecule has 1 unspecified atom stereocenters. The molecule has 1 aliphatic heterocycles. The summed E-state index contributed by atoms with van der Waals surface area (Å²) in [5.41, 5.74) is 6.17. The van der Waals surface area contributed by atoms with Crippen LogP contribution in [0.5, 0.6) is 5.75 Å². The third-order valence-electron chi connectivity index (χ3n) is 4.24. The minimum absolute atomic E-state index is 0.167. The number of carbonyl (C=O) groups is 1. The van der Waals surface area contributed by atoms with Crippen molar-refractivity contribution in [1.82, 2.24) is 10.4 Å². The molecule has 5 N–H and O–H groups in total. The molecule has 0 bridgehead atoms. The zero-order valence-electron chi connectivity index (χ0n) is 19.1. The Morgan fingerprint density at radius 3 is 2.58 bits per heavy atom. The predicted octanol–water partition coefficient (Wildman–Crippen LogP) is 2.75. The van der Waals surface area contributed by atoms with E-state index in [-0.39, 0.29) is 24.8 Å². The number of guanidine groups is 1. The van der Waals surface area contributed by atoms with Crippen molar-refractivity contribution in [3.8, 4) is 5.75 Å². The summed E-state index contributed by atoms with van der Waals surface area (Å²) in [5, 5.41) is 13.2. The second kappa shape index (κ2) is 12.3. The molecule has 1 aromatic rings. The lowest BCUT2D eigenvalue weighted by molar-refractivity contribution is -0.149. The lowest BCUT2D eigenvalue weighted by Gasteiger charge is -2.25. The van der Waals surface area contributed by atoms with E-state index in [4.69, 9.17) is 25.1 Å². The van der Waals surface area contributed by atoms with E-state index >= 15 is 0 Å². The van der Waals surface area contributed by atoms with E-state index in [0.29, 0.717) is 17.1 Å². The van der Waals surface area contributed by atoms with Gasteiger partial charge in [0, 0.05) is 18.2 Å². The van der Waals surface area contributed by atoms with Crippen molar-refractivity contribution in [2.24, 2.45) is 15.7 Å². The van der Waals surface area contributed by atoms with E-state index in [9.17, 15) is 9.36 Å². The van der Waals surface area contributed by atoms with Crippen molar-refractivity contribution < 1.29 is 23.4 Å². The van der Waals surface area contributed by atoms with Crippen LogP contribution in [0.2, 0.25) is 0 Å². The van der Waals surface area contributed by atoms with E-state index in [1.54, 1.807) is 58.0 Å². The number of para-hydroxylation sites is 1. The smallest absolute Gasteiger partial charge is 0.342 e. The van der Waals surface area contributed by atoms with Gasteiger partial charge in [0.15, 0.2) is 5.96 Å².